The molecule has 0 saturated carbocycles. The number of hydrogen-bond acceptors (Lipinski definition) is 7. The molecule has 0 fully saturated rings. The fourth-order valence-corrected chi connectivity index (χ4v) is 2.79. The summed E-state index contributed by atoms with van der Waals surface area (Å²) in [5.74, 6) is -0.982. The molecule has 0 aliphatic rings. The Hall–Kier alpha value is -3.83. The first-order valence-corrected chi connectivity index (χ1v) is 9.36. The number of nitriles is 1. The van der Waals surface area contributed by atoms with E-state index >= 15 is 0 Å². The Kier molecular flexibility index (Phi) is 6.67. The van der Waals surface area contributed by atoms with Gasteiger partial charge in [0.1, 0.15) is 28.5 Å². The van der Waals surface area contributed by atoms with Crippen molar-refractivity contribution in [1.29, 1.82) is 5.26 Å². The van der Waals surface area contributed by atoms with Gasteiger partial charge in [0.15, 0.2) is 0 Å². The number of carbonyl (C=O) groups excluding carboxylic acids is 2. The molecule has 150 valence electrons. The molecule has 0 bridgehead atoms. The quantitative estimate of drug-likeness (QED) is 0.243. The second-order valence-corrected chi connectivity index (χ2v) is 6.64. The van der Waals surface area contributed by atoms with Gasteiger partial charge in [-0.15, -0.1) is 0 Å². The van der Waals surface area contributed by atoms with Gasteiger partial charge in [-0.25, -0.2) is 14.0 Å². The summed E-state index contributed by atoms with van der Waals surface area (Å²) in [5.41, 5.74) is 0.415. The van der Waals surface area contributed by atoms with Crippen molar-refractivity contribution in [2.24, 2.45) is 0 Å². The third kappa shape index (κ3) is 5.16. The lowest BCUT2D eigenvalue weighted by Crippen LogP contribution is -2.11. The van der Waals surface area contributed by atoms with Gasteiger partial charge in [0.2, 0.25) is 0 Å². The lowest BCUT2D eigenvalue weighted by molar-refractivity contribution is 0.0720. The van der Waals surface area contributed by atoms with E-state index in [2.05, 4.69) is 0 Å². The zero-order valence-corrected chi connectivity index (χ0v) is 16.4. The number of hydrogen-bond donors (Lipinski definition) is 0. The maximum absolute atomic E-state index is 13.8. The van der Waals surface area contributed by atoms with E-state index < -0.39 is 17.8 Å². The molecule has 0 spiro atoms. The number of ether oxygens (including phenoxy) is 3. The van der Waals surface area contributed by atoms with E-state index in [0.717, 1.165) is 6.07 Å². The number of methoxy groups -OCH3 is 1. The van der Waals surface area contributed by atoms with Crippen LogP contribution < -0.4 is 14.2 Å². The molecule has 0 unspecified atom stereocenters. The summed E-state index contributed by atoms with van der Waals surface area (Å²) in [5, 5.41) is 10.4. The first-order chi connectivity index (χ1) is 14.5. The first kappa shape index (κ1) is 20.9. The van der Waals surface area contributed by atoms with Crippen LogP contribution in [0.3, 0.4) is 0 Å². The van der Waals surface area contributed by atoms with Crippen LogP contribution in [0.4, 0.5) is 4.39 Å². The van der Waals surface area contributed by atoms with Crippen LogP contribution in [0.5, 0.6) is 17.2 Å². The standard InChI is InChI=1S/C22H14FNO5S/c1-27-16-6-8-17(9-7-16)28-21(25)14-2-4-15(5-3-14)22(26)29-18-10-11-20(30-13-24)19(23)12-18/h2-12H,1H3. The molecule has 3 aromatic rings. The van der Waals surface area contributed by atoms with Gasteiger partial charge in [-0.1, -0.05) is 0 Å². The lowest BCUT2D eigenvalue weighted by atomic mass is 10.1. The minimum Gasteiger partial charge on any atom is -0.497 e. The molecule has 8 heteroatoms. The average Bonchev–Trinajstić information content (AvgIpc) is 2.76. The van der Waals surface area contributed by atoms with Gasteiger partial charge < -0.3 is 14.2 Å². The number of benzene rings is 3. The number of nitrogens with zero attached hydrogens (tertiary/aromatic N) is 1. The monoisotopic (exact) mass is 423 g/mol. The molecule has 6 nitrogen and oxygen atoms in total. The van der Waals surface area contributed by atoms with E-state index in [1.807, 2.05) is 0 Å². The summed E-state index contributed by atoms with van der Waals surface area (Å²) < 4.78 is 29.3. The second-order valence-electron chi connectivity index (χ2n) is 5.82. The number of rotatable bonds is 6. The summed E-state index contributed by atoms with van der Waals surface area (Å²) in [6.07, 6.45) is 0. The summed E-state index contributed by atoms with van der Waals surface area (Å²) in [7, 11) is 1.53. The van der Waals surface area contributed by atoms with E-state index in [4.69, 9.17) is 19.5 Å². The summed E-state index contributed by atoms with van der Waals surface area (Å²) in [4.78, 5) is 24.6. The average molecular weight is 423 g/mol. The van der Waals surface area contributed by atoms with E-state index in [0.29, 0.717) is 23.3 Å². The smallest absolute Gasteiger partial charge is 0.343 e. The molecule has 30 heavy (non-hydrogen) atoms. The fourth-order valence-electron chi connectivity index (χ4n) is 2.40. The number of halogens is 1. The molecule has 0 radical (unpaired) electrons. The minimum absolute atomic E-state index is 0.00258. The van der Waals surface area contributed by atoms with Gasteiger partial charge in [-0.3, -0.25) is 0 Å². The fraction of sp³-hybridized carbons (Fsp3) is 0.0455. The summed E-state index contributed by atoms with van der Waals surface area (Å²) in [6, 6.07) is 16.0. The Morgan fingerprint density at radius 1 is 0.833 bits per heavy atom. The summed E-state index contributed by atoms with van der Waals surface area (Å²) in [6.45, 7) is 0. The van der Waals surface area contributed by atoms with Crippen molar-refractivity contribution in [3.8, 4) is 22.6 Å². The molecule has 0 N–H and O–H groups in total. The van der Waals surface area contributed by atoms with Crippen molar-refractivity contribution in [2.45, 2.75) is 4.90 Å². The number of esters is 2. The van der Waals surface area contributed by atoms with Gasteiger partial charge in [-0.2, -0.15) is 5.26 Å². The van der Waals surface area contributed by atoms with Crippen LogP contribution in [0.25, 0.3) is 0 Å². The van der Waals surface area contributed by atoms with E-state index in [9.17, 15) is 14.0 Å². The Labute approximate surface area is 175 Å². The molecule has 0 atom stereocenters. The third-order valence-electron chi connectivity index (χ3n) is 3.90. The predicted octanol–water partition coefficient (Wildman–Crippen LogP) is 4.85. The summed E-state index contributed by atoms with van der Waals surface area (Å²) >= 11 is 0.672. The molecule has 3 aromatic carbocycles. The Balaban J connectivity index is 1.64. The van der Waals surface area contributed by atoms with Gasteiger partial charge in [-0.05, 0) is 72.4 Å². The Morgan fingerprint density at radius 2 is 1.33 bits per heavy atom. The number of thioether (sulfide) groups is 1. The largest absolute Gasteiger partial charge is 0.497 e. The lowest BCUT2D eigenvalue weighted by Gasteiger charge is -2.07. The molecule has 0 saturated heterocycles. The maximum atomic E-state index is 13.8. The molecular formula is C22H14FNO5S. The number of thiocyanates is 1. The highest BCUT2D eigenvalue weighted by atomic mass is 32.2. The SMILES string of the molecule is COc1ccc(OC(=O)c2ccc(C(=O)Oc3ccc(SC#N)c(F)c3)cc2)cc1. The Bertz CT molecular complexity index is 1110. The highest BCUT2D eigenvalue weighted by Gasteiger charge is 2.14. The molecule has 0 aliphatic heterocycles. The van der Waals surface area contributed by atoms with Crippen LogP contribution >= 0.6 is 11.8 Å². The maximum Gasteiger partial charge on any atom is 0.343 e. The molecule has 3 rings (SSSR count). The topological polar surface area (TPSA) is 85.6 Å². The van der Waals surface area contributed by atoms with Crippen LogP contribution in [0.2, 0.25) is 0 Å². The minimum atomic E-state index is -0.717. The van der Waals surface area contributed by atoms with Crippen molar-refractivity contribution < 1.29 is 28.2 Å². The molecule has 0 heterocycles. The molecule has 0 amide bonds. The van der Waals surface area contributed by atoms with Crippen LogP contribution in [-0.2, 0) is 0 Å². The van der Waals surface area contributed by atoms with Gasteiger partial charge in [0, 0.05) is 6.07 Å². The van der Waals surface area contributed by atoms with E-state index in [-0.39, 0.29) is 21.8 Å². The first-order valence-electron chi connectivity index (χ1n) is 8.54. The van der Waals surface area contributed by atoms with Crippen molar-refractivity contribution in [3.05, 3.63) is 83.7 Å². The van der Waals surface area contributed by atoms with E-state index in [1.165, 1.54) is 43.5 Å². The second kappa shape index (κ2) is 9.58. The van der Waals surface area contributed by atoms with Crippen LogP contribution in [0.15, 0.2) is 71.6 Å². The van der Waals surface area contributed by atoms with E-state index in [1.54, 1.807) is 29.7 Å². The van der Waals surface area contributed by atoms with Gasteiger partial charge >= 0.3 is 11.9 Å². The van der Waals surface area contributed by atoms with Gasteiger partial charge in [0.05, 0.1) is 23.1 Å². The van der Waals surface area contributed by atoms with Crippen molar-refractivity contribution >= 4 is 23.7 Å². The molecule has 0 aromatic heterocycles. The zero-order valence-electron chi connectivity index (χ0n) is 15.6. The highest BCUT2D eigenvalue weighted by Crippen LogP contribution is 2.25. The molecular weight excluding hydrogens is 409 g/mol. The van der Waals surface area contributed by atoms with Crippen molar-refractivity contribution in [1.82, 2.24) is 0 Å². The third-order valence-corrected chi connectivity index (χ3v) is 4.54. The highest BCUT2D eigenvalue weighted by molar-refractivity contribution is 8.03. The van der Waals surface area contributed by atoms with Gasteiger partial charge in [0.25, 0.3) is 0 Å². The van der Waals surface area contributed by atoms with Crippen LogP contribution in [0.1, 0.15) is 20.7 Å². The number of carbonyl (C=O) groups is 2. The van der Waals surface area contributed by atoms with Crippen molar-refractivity contribution in [3.63, 3.8) is 0 Å². The molecule has 0 aliphatic carbocycles. The van der Waals surface area contributed by atoms with Crippen LogP contribution in [0, 0.1) is 16.5 Å². The predicted molar refractivity (Wildman–Crippen MR) is 107 cm³/mol. The van der Waals surface area contributed by atoms with Crippen LogP contribution in [-0.4, -0.2) is 19.0 Å². The normalized spacial score (nSPS) is 10.0. The van der Waals surface area contributed by atoms with Crippen molar-refractivity contribution in [2.75, 3.05) is 7.11 Å². The Morgan fingerprint density at radius 3 is 1.83 bits per heavy atom. The zero-order chi connectivity index (χ0) is 21.5.